The Labute approximate surface area is 97.1 Å². The molecule has 1 N–H and O–H groups in total. The molecule has 1 aromatic carbocycles. The minimum absolute atomic E-state index is 0.499. The fraction of sp³-hybridized carbons (Fsp3) is 0.385. The molecule has 15 heavy (non-hydrogen) atoms. The van der Waals surface area contributed by atoms with Crippen molar-refractivity contribution in [3.63, 3.8) is 0 Å². The molecule has 0 saturated carbocycles. The van der Waals surface area contributed by atoms with Crippen molar-refractivity contribution >= 4 is 11.6 Å². The third kappa shape index (κ3) is 4.50. The van der Waals surface area contributed by atoms with Crippen molar-refractivity contribution in [2.24, 2.45) is 0 Å². The Bertz CT molecular complexity index is 309. The van der Waals surface area contributed by atoms with Crippen molar-refractivity contribution in [1.82, 2.24) is 5.32 Å². The first kappa shape index (κ1) is 12.3. The van der Waals surface area contributed by atoms with Crippen LogP contribution in [0.4, 0.5) is 0 Å². The zero-order valence-corrected chi connectivity index (χ0v) is 9.93. The molecule has 0 aliphatic rings. The minimum Gasteiger partial charge on any atom is -0.310 e. The molecule has 0 saturated heterocycles. The molecule has 0 aliphatic heterocycles. The molecule has 0 fully saturated rings. The summed E-state index contributed by atoms with van der Waals surface area (Å²) in [5.74, 6) is 0. The summed E-state index contributed by atoms with van der Waals surface area (Å²) in [7, 11) is 0. The fourth-order valence-corrected chi connectivity index (χ4v) is 1.60. The SMILES string of the molecule is C=CCC[C@@H](C)NCc1ccccc1Cl. The molecule has 0 aliphatic carbocycles. The van der Waals surface area contributed by atoms with Crippen LogP contribution in [0, 0.1) is 0 Å². The quantitative estimate of drug-likeness (QED) is 0.724. The van der Waals surface area contributed by atoms with Crippen LogP contribution in [0.2, 0.25) is 5.02 Å². The standard InChI is InChI=1S/C13H18ClN/c1-3-4-7-11(2)15-10-12-8-5-6-9-13(12)14/h3,5-6,8-9,11,15H,1,4,7,10H2,2H3/t11-/m1/s1. The van der Waals surface area contributed by atoms with Gasteiger partial charge in [-0.05, 0) is 31.4 Å². The maximum absolute atomic E-state index is 6.06. The number of hydrogen-bond acceptors (Lipinski definition) is 1. The summed E-state index contributed by atoms with van der Waals surface area (Å²) in [6.45, 7) is 6.73. The molecule has 0 amide bonds. The van der Waals surface area contributed by atoms with Gasteiger partial charge in [0.2, 0.25) is 0 Å². The van der Waals surface area contributed by atoms with Crippen LogP contribution in [0.25, 0.3) is 0 Å². The predicted molar refractivity (Wildman–Crippen MR) is 67.2 cm³/mol. The van der Waals surface area contributed by atoms with E-state index in [1.54, 1.807) is 0 Å². The van der Waals surface area contributed by atoms with Gasteiger partial charge in [0.25, 0.3) is 0 Å². The highest BCUT2D eigenvalue weighted by Crippen LogP contribution is 2.14. The van der Waals surface area contributed by atoms with Crippen LogP contribution < -0.4 is 5.32 Å². The number of benzene rings is 1. The van der Waals surface area contributed by atoms with E-state index in [4.69, 9.17) is 11.6 Å². The summed E-state index contributed by atoms with van der Waals surface area (Å²) in [5, 5.41) is 4.28. The van der Waals surface area contributed by atoms with Crippen LogP contribution >= 0.6 is 11.6 Å². The summed E-state index contributed by atoms with van der Waals surface area (Å²) < 4.78 is 0. The molecular weight excluding hydrogens is 206 g/mol. The number of allylic oxidation sites excluding steroid dienone is 1. The van der Waals surface area contributed by atoms with Crippen LogP contribution in [-0.4, -0.2) is 6.04 Å². The Morgan fingerprint density at radius 2 is 2.20 bits per heavy atom. The maximum atomic E-state index is 6.06. The number of halogens is 1. The van der Waals surface area contributed by atoms with Crippen LogP contribution in [0.1, 0.15) is 25.3 Å². The van der Waals surface area contributed by atoms with Crippen LogP contribution in [0.3, 0.4) is 0 Å². The molecule has 0 radical (unpaired) electrons. The average molecular weight is 224 g/mol. The summed E-state index contributed by atoms with van der Waals surface area (Å²) >= 11 is 6.06. The first-order valence-electron chi connectivity index (χ1n) is 5.31. The van der Waals surface area contributed by atoms with Crippen LogP contribution in [0.5, 0.6) is 0 Å². The average Bonchev–Trinajstić information content (AvgIpc) is 2.25. The molecule has 1 atom stereocenters. The van der Waals surface area contributed by atoms with Crippen molar-refractivity contribution in [2.75, 3.05) is 0 Å². The summed E-state index contributed by atoms with van der Waals surface area (Å²) in [5.41, 5.74) is 1.16. The Morgan fingerprint density at radius 1 is 1.47 bits per heavy atom. The van der Waals surface area contributed by atoms with E-state index < -0.39 is 0 Å². The Balaban J connectivity index is 2.36. The Kier molecular flexibility index (Phi) is 5.44. The first-order chi connectivity index (χ1) is 7.24. The van der Waals surface area contributed by atoms with Crippen LogP contribution in [0.15, 0.2) is 36.9 Å². The van der Waals surface area contributed by atoms with Crippen LogP contribution in [-0.2, 0) is 6.54 Å². The molecule has 1 rings (SSSR count). The van der Waals surface area contributed by atoms with Gasteiger partial charge in [-0.15, -0.1) is 6.58 Å². The molecule has 0 heterocycles. The monoisotopic (exact) mass is 223 g/mol. The second-order valence-corrected chi connectivity index (χ2v) is 4.15. The zero-order chi connectivity index (χ0) is 11.1. The Morgan fingerprint density at radius 3 is 2.87 bits per heavy atom. The molecule has 0 spiro atoms. The molecule has 0 aromatic heterocycles. The van der Waals surface area contributed by atoms with Gasteiger partial charge < -0.3 is 5.32 Å². The van der Waals surface area contributed by atoms with Crippen molar-refractivity contribution in [2.45, 2.75) is 32.4 Å². The van der Waals surface area contributed by atoms with E-state index in [9.17, 15) is 0 Å². The largest absolute Gasteiger partial charge is 0.310 e. The molecule has 0 unspecified atom stereocenters. The van der Waals surface area contributed by atoms with Gasteiger partial charge in [0.1, 0.15) is 0 Å². The van der Waals surface area contributed by atoms with E-state index in [0.717, 1.165) is 30.0 Å². The van der Waals surface area contributed by atoms with E-state index in [2.05, 4.69) is 24.9 Å². The number of nitrogens with one attached hydrogen (secondary N) is 1. The summed E-state index contributed by atoms with van der Waals surface area (Å²) in [6.07, 6.45) is 4.12. The maximum Gasteiger partial charge on any atom is 0.0450 e. The van der Waals surface area contributed by atoms with E-state index in [1.807, 2.05) is 24.3 Å². The van der Waals surface area contributed by atoms with Crippen molar-refractivity contribution in [1.29, 1.82) is 0 Å². The smallest absolute Gasteiger partial charge is 0.0450 e. The summed E-state index contributed by atoms with van der Waals surface area (Å²) in [6, 6.07) is 8.44. The molecule has 2 heteroatoms. The fourth-order valence-electron chi connectivity index (χ4n) is 1.40. The number of hydrogen-bond donors (Lipinski definition) is 1. The highest BCUT2D eigenvalue weighted by molar-refractivity contribution is 6.31. The third-order valence-electron chi connectivity index (χ3n) is 2.40. The lowest BCUT2D eigenvalue weighted by molar-refractivity contribution is 0.518. The van der Waals surface area contributed by atoms with Crippen molar-refractivity contribution < 1.29 is 0 Å². The van der Waals surface area contributed by atoms with E-state index >= 15 is 0 Å². The van der Waals surface area contributed by atoms with E-state index in [1.165, 1.54) is 0 Å². The van der Waals surface area contributed by atoms with E-state index in [0.29, 0.717) is 6.04 Å². The lowest BCUT2D eigenvalue weighted by Gasteiger charge is -2.13. The topological polar surface area (TPSA) is 12.0 Å². The molecule has 1 nitrogen and oxygen atoms in total. The second-order valence-electron chi connectivity index (χ2n) is 3.74. The third-order valence-corrected chi connectivity index (χ3v) is 2.77. The van der Waals surface area contributed by atoms with Gasteiger partial charge in [0.05, 0.1) is 0 Å². The lowest BCUT2D eigenvalue weighted by atomic mass is 10.1. The van der Waals surface area contributed by atoms with Gasteiger partial charge in [0.15, 0.2) is 0 Å². The highest BCUT2D eigenvalue weighted by atomic mass is 35.5. The Hall–Kier alpha value is -0.790. The number of rotatable bonds is 6. The minimum atomic E-state index is 0.499. The van der Waals surface area contributed by atoms with Gasteiger partial charge in [-0.3, -0.25) is 0 Å². The highest BCUT2D eigenvalue weighted by Gasteiger charge is 2.02. The molecule has 0 bridgehead atoms. The normalized spacial score (nSPS) is 12.4. The van der Waals surface area contributed by atoms with Gasteiger partial charge in [-0.1, -0.05) is 35.9 Å². The first-order valence-corrected chi connectivity index (χ1v) is 5.69. The molecule has 1 aromatic rings. The van der Waals surface area contributed by atoms with Crippen molar-refractivity contribution in [3.05, 3.63) is 47.5 Å². The van der Waals surface area contributed by atoms with Gasteiger partial charge >= 0.3 is 0 Å². The van der Waals surface area contributed by atoms with E-state index in [-0.39, 0.29) is 0 Å². The molecule has 82 valence electrons. The van der Waals surface area contributed by atoms with Gasteiger partial charge in [-0.25, -0.2) is 0 Å². The van der Waals surface area contributed by atoms with Gasteiger partial charge in [-0.2, -0.15) is 0 Å². The zero-order valence-electron chi connectivity index (χ0n) is 9.17. The predicted octanol–water partition coefficient (Wildman–Crippen LogP) is 3.78. The lowest BCUT2D eigenvalue weighted by Crippen LogP contribution is -2.25. The van der Waals surface area contributed by atoms with Crippen molar-refractivity contribution in [3.8, 4) is 0 Å². The van der Waals surface area contributed by atoms with Gasteiger partial charge in [0, 0.05) is 17.6 Å². The summed E-state index contributed by atoms with van der Waals surface area (Å²) in [4.78, 5) is 0. The second kappa shape index (κ2) is 6.65. The molecular formula is C13H18ClN.